The molecule has 0 atom stereocenters. The molecular weight excluding hydrogens is 430 g/mol. The van der Waals surface area contributed by atoms with Crippen molar-refractivity contribution in [3.63, 3.8) is 0 Å². The van der Waals surface area contributed by atoms with Crippen molar-refractivity contribution in [2.75, 3.05) is 5.32 Å². The number of rotatable bonds is 4. The summed E-state index contributed by atoms with van der Waals surface area (Å²) in [4.78, 5) is 28.0. The predicted octanol–water partition coefficient (Wildman–Crippen LogP) is 6.46. The fourth-order valence-corrected chi connectivity index (χ4v) is 3.75. The monoisotopic (exact) mass is 443 g/mol. The zero-order valence-corrected chi connectivity index (χ0v) is 17.2. The summed E-state index contributed by atoms with van der Waals surface area (Å²) >= 11 is 6.11. The number of carbonyl (C=O) groups is 1. The lowest BCUT2D eigenvalue weighted by Gasteiger charge is -2.10. The number of nitro benzene ring substituents is 1. The molecule has 0 spiro atoms. The summed E-state index contributed by atoms with van der Waals surface area (Å²) in [6.07, 6.45) is 0. The average Bonchev–Trinajstić information content (AvgIpc) is 3.24. The molecule has 0 aliphatic heterocycles. The third-order valence-corrected chi connectivity index (χ3v) is 5.42. The molecule has 32 heavy (non-hydrogen) atoms. The Hall–Kier alpha value is -4.23. The Morgan fingerprint density at radius 2 is 1.78 bits per heavy atom. The van der Waals surface area contributed by atoms with Gasteiger partial charge in [-0.25, -0.2) is 4.98 Å². The number of carbonyl (C=O) groups excluding carboxylic acids is 1. The van der Waals surface area contributed by atoms with Gasteiger partial charge in [0, 0.05) is 17.5 Å². The molecule has 5 rings (SSSR count). The van der Waals surface area contributed by atoms with E-state index in [0.29, 0.717) is 22.7 Å². The van der Waals surface area contributed by atoms with Crippen molar-refractivity contribution in [1.29, 1.82) is 0 Å². The van der Waals surface area contributed by atoms with E-state index in [1.165, 1.54) is 12.1 Å². The third-order valence-electron chi connectivity index (χ3n) is 5.09. The maximum Gasteiger partial charge on any atom is 0.270 e. The van der Waals surface area contributed by atoms with Crippen LogP contribution in [0.15, 0.2) is 83.3 Å². The van der Waals surface area contributed by atoms with E-state index in [1.807, 2.05) is 36.4 Å². The van der Waals surface area contributed by atoms with Crippen LogP contribution in [0.3, 0.4) is 0 Å². The number of hydrogen-bond donors (Lipinski definition) is 1. The summed E-state index contributed by atoms with van der Waals surface area (Å²) in [5.74, 6) is -0.231. The van der Waals surface area contributed by atoms with Crippen LogP contribution in [0.5, 0.6) is 0 Å². The summed E-state index contributed by atoms with van der Waals surface area (Å²) in [6.45, 7) is 0. The summed E-state index contributed by atoms with van der Waals surface area (Å²) in [5.41, 5.74) is 2.14. The number of anilines is 1. The van der Waals surface area contributed by atoms with Crippen molar-refractivity contribution in [3.8, 4) is 11.5 Å². The van der Waals surface area contributed by atoms with Gasteiger partial charge in [-0.3, -0.25) is 14.9 Å². The van der Waals surface area contributed by atoms with Crippen LogP contribution in [0.2, 0.25) is 5.02 Å². The number of amides is 1. The zero-order valence-electron chi connectivity index (χ0n) is 16.4. The Labute approximate surface area is 186 Å². The van der Waals surface area contributed by atoms with Crippen molar-refractivity contribution in [2.24, 2.45) is 0 Å². The molecule has 0 aliphatic carbocycles. The maximum absolute atomic E-state index is 12.9. The van der Waals surface area contributed by atoms with Crippen LogP contribution in [-0.2, 0) is 0 Å². The molecule has 1 amide bonds. The summed E-state index contributed by atoms with van der Waals surface area (Å²) in [5, 5.41) is 16.0. The molecule has 7 nitrogen and oxygen atoms in total. The summed E-state index contributed by atoms with van der Waals surface area (Å²) in [6, 6.07) is 22.4. The highest BCUT2D eigenvalue weighted by molar-refractivity contribution is 6.34. The van der Waals surface area contributed by atoms with Crippen molar-refractivity contribution in [2.45, 2.75) is 0 Å². The number of non-ortho nitro benzene ring substituents is 1. The van der Waals surface area contributed by atoms with E-state index in [0.717, 1.165) is 22.4 Å². The molecule has 4 aromatic carbocycles. The van der Waals surface area contributed by atoms with Gasteiger partial charge in [0.15, 0.2) is 5.58 Å². The lowest BCUT2D eigenvalue weighted by molar-refractivity contribution is -0.384. The van der Waals surface area contributed by atoms with Gasteiger partial charge in [-0.05, 0) is 29.7 Å². The Balaban J connectivity index is 1.55. The maximum atomic E-state index is 12.9. The Morgan fingerprint density at radius 1 is 1.00 bits per heavy atom. The minimum Gasteiger partial charge on any atom is -0.436 e. The first-order chi connectivity index (χ1) is 15.5. The fourth-order valence-electron chi connectivity index (χ4n) is 3.55. The zero-order chi connectivity index (χ0) is 22.2. The minimum absolute atomic E-state index is 0.000714. The molecule has 0 bridgehead atoms. The van der Waals surface area contributed by atoms with E-state index in [9.17, 15) is 14.9 Å². The summed E-state index contributed by atoms with van der Waals surface area (Å²) in [7, 11) is 0. The van der Waals surface area contributed by atoms with Gasteiger partial charge in [-0.1, -0.05) is 54.1 Å². The van der Waals surface area contributed by atoms with E-state index < -0.39 is 10.8 Å². The first-order valence-corrected chi connectivity index (χ1v) is 10.0. The second kappa shape index (κ2) is 7.79. The lowest BCUT2D eigenvalue weighted by Crippen LogP contribution is -2.13. The molecule has 0 fully saturated rings. The number of hydrogen-bond acceptors (Lipinski definition) is 5. The number of aromatic nitrogens is 1. The number of fused-ring (bicyclic) bond motifs is 3. The average molecular weight is 444 g/mol. The van der Waals surface area contributed by atoms with Crippen molar-refractivity contribution in [3.05, 3.63) is 99.6 Å². The van der Waals surface area contributed by atoms with Crippen LogP contribution in [0.4, 0.5) is 11.4 Å². The standard InChI is InChI=1S/C24H14ClN3O4/c25-19-11-10-15(28(30)31)13-18(19)23(29)26-20-8-4-3-7-17(20)24-27-22-16-6-2-1-5-14(16)9-12-21(22)32-24/h1-13H,(H,26,29). The van der Waals surface area contributed by atoms with E-state index in [1.54, 1.807) is 24.3 Å². The largest absolute Gasteiger partial charge is 0.436 e. The molecule has 1 N–H and O–H groups in total. The van der Waals surface area contributed by atoms with Crippen molar-refractivity contribution in [1.82, 2.24) is 4.98 Å². The van der Waals surface area contributed by atoms with Gasteiger partial charge in [-0.2, -0.15) is 0 Å². The van der Waals surface area contributed by atoms with Gasteiger partial charge < -0.3 is 9.73 Å². The normalized spacial score (nSPS) is 11.0. The Morgan fingerprint density at radius 3 is 2.62 bits per heavy atom. The first-order valence-electron chi connectivity index (χ1n) is 9.64. The van der Waals surface area contributed by atoms with Gasteiger partial charge in [0.25, 0.3) is 11.6 Å². The number of halogens is 1. The molecule has 0 saturated heterocycles. The molecule has 0 radical (unpaired) electrons. The number of oxazole rings is 1. The van der Waals surface area contributed by atoms with Crippen LogP contribution in [0, 0.1) is 10.1 Å². The van der Waals surface area contributed by atoms with E-state index in [-0.39, 0.29) is 16.3 Å². The Kier molecular flexibility index (Phi) is 4.80. The number of nitrogens with one attached hydrogen (secondary N) is 1. The molecule has 0 saturated carbocycles. The van der Waals surface area contributed by atoms with Gasteiger partial charge in [0.1, 0.15) is 5.52 Å². The molecule has 1 heterocycles. The molecule has 5 aromatic rings. The lowest BCUT2D eigenvalue weighted by atomic mass is 10.1. The van der Waals surface area contributed by atoms with Gasteiger partial charge in [0.2, 0.25) is 5.89 Å². The highest BCUT2D eigenvalue weighted by Gasteiger charge is 2.19. The second-order valence-electron chi connectivity index (χ2n) is 7.07. The number of para-hydroxylation sites is 1. The first kappa shape index (κ1) is 19.7. The highest BCUT2D eigenvalue weighted by Crippen LogP contribution is 2.33. The highest BCUT2D eigenvalue weighted by atomic mass is 35.5. The van der Waals surface area contributed by atoms with Gasteiger partial charge in [0.05, 0.1) is 26.8 Å². The minimum atomic E-state index is -0.580. The quantitative estimate of drug-likeness (QED) is 0.254. The van der Waals surface area contributed by atoms with Gasteiger partial charge >= 0.3 is 0 Å². The van der Waals surface area contributed by atoms with Crippen molar-refractivity contribution >= 4 is 50.8 Å². The molecule has 0 aliphatic rings. The summed E-state index contributed by atoms with van der Waals surface area (Å²) < 4.78 is 5.99. The van der Waals surface area contributed by atoms with Gasteiger partial charge in [-0.15, -0.1) is 0 Å². The second-order valence-corrected chi connectivity index (χ2v) is 7.48. The van der Waals surface area contributed by atoms with Crippen LogP contribution in [0.1, 0.15) is 10.4 Å². The number of nitro groups is 1. The number of nitrogens with zero attached hydrogens (tertiary/aromatic N) is 2. The van der Waals surface area contributed by atoms with E-state index >= 15 is 0 Å². The smallest absolute Gasteiger partial charge is 0.270 e. The van der Waals surface area contributed by atoms with E-state index in [2.05, 4.69) is 10.3 Å². The van der Waals surface area contributed by atoms with E-state index in [4.69, 9.17) is 16.0 Å². The van der Waals surface area contributed by atoms with Crippen LogP contribution < -0.4 is 5.32 Å². The molecule has 156 valence electrons. The molecular formula is C24H14ClN3O4. The third kappa shape index (κ3) is 3.44. The van der Waals surface area contributed by atoms with Crippen LogP contribution in [-0.4, -0.2) is 15.8 Å². The predicted molar refractivity (Wildman–Crippen MR) is 123 cm³/mol. The van der Waals surface area contributed by atoms with Crippen LogP contribution in [0.25, 0.3) is 33.3 Å². The number of benzene rings is 4. The molecule has 8 heteroatoms. The Bertz CT molecular complexity index is 1530. The topological polar surface area (TPSA) is 98.3 Å². The molecule has 1 aromatic heterocycles. The van der Waals surface area contributed by atoms with Crippen molar-refractivity contribution < 1.29 is 14.1 Å². The van der Waals surface area contributed by atoms with Crippen LogP contribution >= 0.6 is 11.6 Å². The molecule has 0 unspecified atom stereocenters. The fraction of sp³-hybridized carbons (Fsp3) is 0. The SMILES string of the molecule is O=C(Nc1ccccc1-c1nc2c(ccc3ccccc32)o1)c1cc([N+](=O)[O-])ccc1Cl.